The topological polar surface area (TPSA) is 46.5 Å². The number of halogens is 2. The molecule has 128 valence electrons. The molecule has 0 atom stereocenters. The van der Waals surface area contributed by atoms with Crippen LogP contribution in [0, 0.1) is 0 Å². The highest BCUT2D eigenvalue weighted by atomic mass is 35.5. The lowest BCUT2D eigenvalue weighted by atomic mass is 10.0. The highest BCUT2D eigenvalue weighted by Crippen LogP contribution is 2.35. The van der Waals surface area contributed by atoms with Crippen LogP contribution in [-0.2, 0) is 9.53 Å². The van der Waals surface area contributed by atoms with Gasteiger partial charge in [0, 0.05) is 10.0 Å². The van der Waals surface area contributed by atoms with Crippen LogP contribution in [0.5, 0.6) is 0 Å². The molecule has 4 rings (SSSR count). The average Bonchev–Trinajstić information content (AvgIpc) is 2.88. The second-order valence-corrected chi connectivity index (χ2v) is 6.72. The summed E-state index contributed by atoms with van der Waals surface area (Å²) in [6, 6.07) is 18.3. The van der Waals surface area contributed by atoms with E-state index < -0.39 is 5.97 Å². The van der Waals surface area contributed by atoms with E-state index in [1.807, 2.05) is 42.5 Å². The molecule has 0 amide bonds. The van der Waals surface area contributed by atoms with Crippen molar-refractivity contribution in [2.45, 2.75) is 0 Å². The number of esters is 1. The molecular formula is C21H12Cl2O3. The van der Waals surface area contributed by atoms with Crippen LogP contribution in [0.4, 0.5) is 0 Å². The molecule has 26 heavy (non-hydrogen) atoms. The maximum Gasteiger partial charge on any atom is 0.348 e. The number of hydrogen-bond acceptors (Lipinski definition) is 3. The normalized spacial score (nSPS) is 15.8. The largest absolute Gasteiger partial charge is 0.504 e. The highest BCUT2D eigenvalue weighted by Gasteiger charge is 2.31. The van der Waals surface area contributed by atoms with Gasteiger partial charge in [-0.1, -0.05) is 65.7 Å². The molecule has 0 radical (unpaired) electrons. The van der Waals surface area contributed by atoms with E-state index in [2.05, 4.69) is 0 Å². The molecular weight excluding hydrogens is 371 g/mol. The Balaban J connectivity index is 1.84. The van der Waals surface area contributed by atoms with Crippen molar-refractivity contribution in [3.63, 3.8) is 0 Å². The monoisotopic (exact) mass is 382 g/mol. The van der Waals surface area contributed by atoms with Gasteiger partial charge in [0.1, 0.15) is 5.57 Å². The molecule has 0 unspecified atom stereocenters. The Kier molecular flexibility index (Phi) is 4.19. The van der Waals surface area contributed by atoms with E-state index >= 15 is 0 Å². The molecule has 0 bridgehead atoms. The van der Waals surface area contributed by atoms with Crippen LogP contribution in [0.3, 0.4) is 0 Å². The molecule has 5 heteroatoms. The predicted molar refractivity (Wildman–Crippen MR) is 104 cm³/mol. The Bertz CT molecular complexity index is 1090. The van der Waals surface area contributed by atoms with E-state index in [1.54, 1.807) is 24.3 Å². The highest BCUT2D eigenvalue weighted by molar-refractivity contribution is 6.35. The molecule has 0 spiro atoms. The first kappa shape index (κ1) is 16.7. The average molecular weight is 383 g/mol. The standard InChI is InChI=1S/C21H12Cl2O3/c22-15-8-14(9-16(23)11-15)19-20(24)18(26-21(19)25)10-13-6-3-5-12-4-1-2-7-17(12)13/h1-11,24H/b18-10-. The molecule has 1 heterocycles. The van der Waals surface area contributed by atoms with Gasteiger partial charge in [0.25, 0.3) is 0 Å². The number of carbonyl (C=O) groups is 1. The van der Waals surface area contributed by atoms with Crippen molar-refractivity contribution < 1.29 is 14.6 Å². The summed E-state index contributed by atoms with van der Waals surface area (Å²) in [5, 5.41) is 13.3. The van der Waals surface area contributed by atoms with Gasteiger partial charge in [0.15, 0.2) is 11.5 Å². The fourth-order valence-corrected chi connectivity index (χ4v) is 3.51. The molecule has 0 fully saturated rings. The lowest BCUT2D eigenvalue weighted by molar-refractivity contribution is -0.131. The van der Waals surface area contributed by atoms with E-state index in [0.717, 1.165) is 16.3 Å². The van der Waals surface area contributed by atoms with Crippen LogP contribution < -0.4 is 0 Å². The van der Waals surface area contributed by atoms with Gasteiger partial charge in [-0.15, -0.1) is 0 Å². The summed E-state index contributed by atoms with van der Waals surface area (Å²) < 4.78 is 5.29. The van der Waals surface area contributed by atoms with Gasteiger partial charge in [-0.2, -0.15) is 0 Å². The minimum absolute atomic E-state index is 0.0425. The maximum absolute atomic E-state index is 12.3. The molecule has 3 nitrogen and oxygen atoms in total. The van der Waals surface area contributed by atoms with Gasteiger partial charge in [0.2, 0.25) is 0 Å². The summed E-state index contributed by atoms with van der Waals surface area (Å²) in [6.45, 7) is 0. The third-order valence-electron chi connectivity index (χ3n) is 4.14. The number of rotatable bonds is 2. The van der Waals surface area contributed by atoms with Crippen LogP contribution in [-0.4, -0.2) is 11.1 Å². The predicted octanol–water partition coefficient (Wildman–Crippen LogP) is 6.01. The quantitative estimate of drug-likeness (QED) is 0.551. The first-order chi connectivity index (χ1) is 12.5. The van der Waals surface area contributed by atoms with Crippen LogP contribution in [0.1, 0.15) is 11.1 Å². The van der Waals surface area contributed by atoms with Gasteiger partial charge < -0.3 is 9.84 Å². The molecule has 0 saturated carbocycles. The Morgan fingerprint density at radius 3 is 2.38 bits per heavy atom. The zero-order valence-electron chi connectivity index (χ0n) is 13.4. The summed E-state index contributed by atoms with van der Waals surface area (Å²) in [5.74, 6) is -0.786. The van der Waals surface area contributed by atoms with E-state index in [-0.39, 0.29) is 17.1 Å². The summed E-state index contributed by atoms with van der Waals surface area (Å²) in [6.07, 6.45) is 1.65. The number of fused-ring (bicyclic) bond motifs is 1. The minimum atomic E-state index is -0.646. The second kappa shape index (κ2) is 6.52. The Morgan fingerprint density at radius 2 is 1.62 bits per heavy atom. The fourth-order valence-electron chi connectivity index (χ4n) is 2.99. The smallest absolute Gasteiger partial charge is 0.348 e. The molecule has 1 N–H and O–H groups in total. The fraction of sp³-hybridized carbons (Fsp3) is 0. The van der Waals surface area contributed by atoms with Crippen molar-refractivity contribution in [2.24, 2.45) is 0 Å². The van der Waals surface area contributed by atoms with Crippen molar-refractivity contribution in [3.05, 3.63) is 93.4 Å². The molecule has 0 aliphatic carbocycles. The van der Waals surface area contributed by atoms with Gasteiger partial charge in [0.05, 0.1) is 0 Å². The lowest BCUT2D eigenvalue weighted by Crippen LogP contribution is -1.98. The first-order valence-corrected chi connectivity index (χ1v) is 8.60. The van der Waals surface area contributed by atoms with E-state index in [1.165, 1.54) is 0 Å². The summed E-state index contributed by atoms with van der Waals surface area (Å²) >= 11 is 12.0. The number of aliphatic hydroxyl groups is 1. The number of hydrogen-bond donors (Lipinski definition) is 1. The van der Waals surface area contributed by atoms with Crippen LogP contribution in [0.2, 0.25) is 10.0 Å². The van der Waals surface area contributed by atoms with Gasteiger partial charge >= 0.3 is 5.97 Å². The third-order valence-corrected chi connectivity index (χ3v) is 4.57. The van der Waals surface area contributed by atoms with Gasteiger partial charge in [-0.05, 0) is 46.2 Å². The zero-order chi connectivity index (χ0) is 18.3. The number of carbonyl (C=O) groups excluding carboxylic acids is 1. The SMILES string of the molecule is O=C1O/C(=C\c2cccc3ccccc23)C(O)=C1c1cc(Cl)cc(Cl)c1. The second-order valence-electron chi connectivity index (χ2n) is 5.85. The molecule has 1 aliphatic heterocycles. The van der Waals surface area contributed by atoms with Crippen LogP contribution in [0.15, 0.2) is 72.2 Å². The molecule has 0 saturated heterocycles. The van der Waals surface area contributed by atoms with E-state index in [0.29, 0.717) is 15.6 Å². The zero-order valence-corrected chi connectivity index (χ0v) is 14.9. The third kappa shape index (κ3) is 2.96. The van der Waals surface area contributed by atoms with Crippen LogP contribution >= 0.6 is 23.2 Å². The van der Waals surface area contributed by atoms with Gasteiger partial charge in [-0.3, -0.25) is 0 Å². The van der Waals surface area contributed by atoms with E-state index in [9.17, 15) is 9.90 Å². The lowest BCUT2D eigenvalue weighted by Gasteiger charge is -2.03. The molecule has 3 aromatic carbocycles. The first-order valence-electron chi connectivity index (χ1n) is 7.84. The number of ether oxygens (including phenoxy) is 1. The summed E-state index contributed by atoms with van der Waals surface area (Å²) in [7, 11) is 0. The number of benzene rings is 3. The Labute approximate surface area is 159 Å². The minimum Gasteiger partial charge on any atom is -0.504 e. The van der Waals surface area contributed by atoms with E-state index in [4.69, 9.17) is 27.9 Å². The van der Waals surface area contributed by atoms with Crippen molar-refractivity contribution in [1.29, 1.82) is 0 Å². The van der Waals surface area contributed by atoms with Gasteiger partial charge in [-0.25, -0.2) is 4.79 Å². The Hall–Kier alpha value is -2.75. The number of cyclic esters (lactones) is 1. The molecule has 1 aliphatic rings. The molecule has 3 aromatic rings. The van der Waals surface area contributed by atoms with Crippen molar-refractivity contribution in [1.82, 2.24) is 0 Å². The van der Waals surface area contributed by atoms with Crippen molar-refractivity contribution in [2.75, 3.05) is 0 Å². The van der Waals surface area contributed by atoms with Crippen LogP contribution in [0.25, 0.3) is 22.4 Å². The van der Waals surface area contributed by atoms with Crippen molar-refractivity contribution in [3.8, 4) is 0 Å². The molecule has 0 aromatic heterocycles. The number of aliphatic hydroxyl groups excluding tert-OH is 1. The summed E-state index contributed by atoms with van der Waals surface area (Å²) in [5.41, 5.74) is 1.29. The maximum atomic E-state index is 12.3. The van der Waals surface area contributed by atoms with Crippen molar-refractivity contribution >= 4 is 51.6 Å². The summed E-state index contributed by atoms with van der Waals surface area (Å²) in [4.78, 5) is 12.3. The Morgan fingerprint density at radius 1 is 0.923 bits per heavy atom.